The summed E-state index contributed by atoms with van der Waals surface area (Å²) in [6.07, 6.45) is 2.97. The molecule has 1 aromatic heterocycles. The van der Waals surface area contributed by atoms with Crippen LogP contribution in [0, 0.1) is 5.82 Å². The molecule has 0 radical (unpaired) electrons. The second-order valence-electron chi connectivity index (χ2n) is 6.75. The number of thiazole rings is 1. The molecule has 1 heterocycles. The summed E-state index contributed by atoms with van der Waals surface area (Å²) in [7, 11) is 0. The number of rotatable bonds is 7. The monoisotopic (exact) mass is 423 g/mol. The number of nitrogens with zero attached hydrogens (tertiary/aromatic N) is 2. The van der Waals surface area contributed by atoms with Crippen LogP contribution in [0.4, 0.5) is 15.2 Å². The maximum atomic E-state index is 14.1. The molecule has 0 spiro atoms. The summed E-state index contributed by atoms with van der Waals surface area (Å²) in [5.41, 5.74) is 1.81. The number of carbonyl (C=O) groups is 2. The van der Waals surface area contributed by atoms with Crippen molar-refractivity contribution >= 4 is 40.0 Å². The highest BCUT2D eigenvalue weighted by molar-refractivity contribution is 7.14. The number of benzene rings is 2. The SMILES string of the molecule is CC(=O)N(c1nc(/C=C/C(=O)NC[C@@H](C)c2ccccc2)cs1)c1ccccc1F. The second-order valence-corrected chi connectivity index (χ2v) is 7.59. The molecule has 0 unspecified atom stereocenters. The van der Waals surface area contributed by atoms with Gasteiger partial charge in [-0.05, 0) is 29.7 Å². The van der Waals surface area contributed by atoms with Gasteiger partial charge in [0.15, 0.2) is 5.13 Å². The fraction of sp³-hybridized carbons (Fsp3) is 0.174. The summed E-state index contributed by atoms with van der Waals surface area (Å²) in [6, 6.07) is 16.0. The highest BCUT2D eigenvalue weighted by atomic mass is 32.1. The van der Waals surface area contributed by atoms with Crippen molar-refractivity contribution in [1.82, 2.24) is 10.3 Å². The van der Waals surface area contributed by atoms with Gasteiger partial charge >= 0.3 is 0 Å². The Bertz CT molecular complexity index is 1050. The van der Waals surface area contributed by atoms with E-state index in [1.165, 1.54) is 41.4 Å². The van der Waals surface area contributed by atoms with Gasteiger partial charge in [0.1, 0.15) is 5.82 Å². The lowest BCUT2D eigenvalue weighted by Gasteiger charge is -2.18. The van der Waals surface area contributed by atoms with Gasteiger partial charge in [-0.3, -0.25) is 14.5 Å². The Morgan fingerprint density at radius 1 is 1.17 bits per heavy atom. The molecule has 3 rings (SSSR count). The van der Waals surface area contributed by atoms with E-state index in [4.69, 9.17) is 0 Å². The number of anilines is 2. The molecule has 154 valence electrons. The van der Waals surface area contributed by atoms with Gasteiger partial charge < -0.3 is 5.32 Å². The Hall–Kier alpha value is -3.32. The first kappa shape index (κ1) is 21.4. The van der Waals surface area contributed by atoms with Crippen molar-refractivity contribution < 1.29 is 14.0 Å². The number of hydrogen-bond acceptors (Lipinski definition) is 4. The van der Waals surface area contributed by atoms with Crippen molar-refractivity contribution in [3.8, 4) is 0 Å². The number of carbonyl (C=O) groups excluding carboxylic acids is 2. The summed E-state index contributed by atoms with van der Waals surface area (Å²) in [6.45, 7) is 3.91. The molecule has 30 heavy (non-hydrogen) atoms. The first-order valence-corrected chi connectivity index (χ1v) is 10.3. The molecule has 0 saturated carbocycles. The fourth-order valence-electron chi connectivity index (χ4n) is 2.87. The Kier molecular flexibility index (Phi) is 7.08. The Morgan fingerprint density at radius 2 is 1.87 bits per heavy atom. The predicted molar refractivity (Wildman–Crippen MR) is 118 cm³/mol. The molecule has 1 N–H and O–H groups in total. The van der Waals surface area contributed by atoms with Gasteiger partial charge in [-0.2, -0.15) is 0 Å². The van der Waals surface area contributed by atoms with E-state index in [2.05, 4.69) is 10.3 Å². The van der Waals surface area contributed by atoms with Crippen LogP contribution in [-0.2, 0) is 9.59 Å². The van der Waals surface area contributed by atoms with Crippen LogP contribution in [0.25, 0.3) is 6.08 Å². The zero-order chi connectivity index (χ0) is 21.5. The maximum Gasteiger partial charge on any atom is 0.244 e. The number of halogens is 1. The van der Waals surface area contributed by atoms with Gasteiger partial charge in [0.2, 0.25) is 11.8 Å². The van der Waals surface area contributed by atoms with Crippen LogP contribution >= 0.6 is 11.3 Å². The lowest BCUT2D eigenvalue weighted by atomic mass is 10.0. The predicted octanol–water partition coefficient (Wildman–Crippen LogP) is 4.90. The largest absolute Gasteiger partial charge is 0.352 e. The molecule has 2 amide bonds. The fourth-order valence-corrected chi connectivity index (χ4v) is 3.72. The third-order valence-electron chi connectivity index (χ3n) is 4.47. The summed E-state index contributed by atoms with van der Waals surface area (Å²) in [5.74, 6) is -0.895. The molecule has 0 saturated heterocycles. The van der Waals surface area contributed by atoms with E-state index < -0.39 is 5.82 Å². The van der Waals surface area contributed by atoms with E-state index in [0.717, 1.165) is 5.56 Å². The van der Waals surface area contributed by atoms with Crippen molar-refractivity contribution in [2.45, 2.75) is 19.8 Å². The highest BCUT2D eigenvalue weighted by Gasteiger charge is 2.20. The molecule has 0 fully saturated rings. The molecule has 0 bridgehead atoms. The lowest BCUT2D eigenvalue weighted by Crippen LogP contribution is -2.25. The Labute approximate surface area is 178 Å². The van der Waals surface area contributed by atoms with Crippen LogP contribution in [0.15, 0.2) is 66.1 Å². The third-order valence-corrected chi connectivity index (χ3v) is 5.31. The van der Waals surface area contributed by atoms with Gasteiger partial charge in [0.25, 0.3) is 0 Å². The van der Waals surface area contributed by atoms with Gasteiger partial charge in [0, 0.05) is 24.9 Å². The molecular weight excluding hydrogens is 401 g/mol. The lowest BCUT2D eigenvalue weighted by molar-refractivity contribution is -0.117. The standard InChI is InChI=1S/C23H22FN3O2S/c1-16(18-8-4-3-5-9-18)14-25-22(29)13-12-19-15-30-23(26-19)27(17(2)28)21-11-7-6-10-20(21)24/h3-13,15-16H,14H2,1-2H3,(H,25,29)/b13-12+/t16-/m1/s1. The summed E-state index contributed by atoms with van der Waals surface area (Å²) in [4.78, 5) is 29.8. The number of hydrogen-bond donors (Lipinski definition) is 1. The van der Waals surface area contributed by atoms with Crippen molar-refractivity contribution in [1.29, 1.82) is 0 Å². The number of nitrogens with one attached hydrogen (secondary N) is 1. The smallest absolute Gasteiger partial charge is 0.244 e. The van der Waals surface area contributed by atoms with Crippen LogP contribution in [0.1, 0.15) is 31.0 Å². The number of para-hydroxylation sites is 1. The first-order valence-electron chi connectivity index (χ1n) is 9.47. The van der Waals surface area contributed by atoms with E-state index >= 15 is 0 Å². The van der Waals surface area contributed by atoms with Crippen LogP contribution < -0.4 is 10.2 Å². The number of aromatic nitrogens is 1. The summed E-state index contributed by atoms with van der Waals surface area (Å²) < 4.78 is 14.1. The topological polar surface area (TPSA) is 62.3 Å². The van der Waals surface area contributed by atoms with E-state index in [9.17, 15) is 14.0 Å². The Morgan fingerprint density at radius 3 is 2.57 bits per heavy atom. The van der Waals surface area contributed by atoms with Crippen molar-refractivity contribution in [2.24, 2.45) is 0 Å². The molecule has 3 aromatic rings. The maximum absolute atomic E-state index is 14.1. The molecule has 0 aliphatic heterocycles. The zero-order valence-corrected chi connectivity index (χ0v) is 17.5. The highest BCUT2D eigenvalue weighted by Crippen LogP contribution is 2.30. The molecular formula is C23H22FN3O2S. The second kappa shape index (κ2) is 9.93. The van der Waals surface area contributed by atoms with Gasteiger partial charge in [-0.15, -0.1) is 11.3 Å². The molecule has 5 nitrogen and oxygen atoms in total. The van der Waals surface area contributed by atoms with E-state index in [1.54, 1.807) is 23.6 Å². The van der Waals surface area contributed by atoms with Crippen LogP contribution in [0.5, 0.6) is 0 Å². The minimum absolute atomic E-state index is 0.141. The van der Waals surface area contributed by atoms with Gasteiger partial charge in [-0.1, -0.05) is 49.4 Å². The Balaban J connectivity index is 1.64. The molecule has 2 aromatic carbocycles. The zero-order valence-electron chi connectivity index (χ0n) is 16.7. The molecule has 0 aliphatic carbocycles. The van der Waals surface area contributed by atoms with Crippen molar-refractivity contribution in [2.75, 3.05) is 11.4 Å². The molecule has 7 heteroatoms. The quantitative estimate of drug-likeness (QED) is 0.550. The van der Waals surface area contributed by atoms with Crippen molar-refractivity contribution in [3.05, 3.63) is 83.1 Å². The van der Waals surface area contributed by atoms with Crippen LogP contribution in [0.2, 0.25) is 0 Å². The van der Waals surface area contributed by atoms with E-state index in [-0.39, 0.29) is 23.4 Å². The summed E-state index contributed by atoms with van der Waals surface area (Å²) in [5, 5.41) is 4.92. The third kappa shape index (κ3) is 5.39. The molecule has 1 atom stereocenters. The average Bonchev–Trinajstić information content (AvgIpc) is 3.21. The van der Waals surface area contributed by atoms with Crippen LogP contribution in [0.3, 0.4) is 0 Å². The van der Waals surface area contributed by atoms with Crippen molar-refractivity contribution in [3.63, 3.8) is 0 Å². The summed E-state index contributed by atoms with van der Waals surface area (Å²) >= 11 is 1.20. The van der Waals surface area contributed by atoms with E-state index in [0.29, 0.717) is 17.4 Å². The normalized spacial score (nSPS) is 12.0. The minimum Gasteiger partial charge on any atom is -0.352 e. The number of amides is 2. The van der Waals surface area contributed by atoms with E-state index in [1.807, 2.05) is 37.3 Å². The minimum atomic E-state index is -0.507. The van der Waals surface area contributed by atoms with Gasteiger partial charge in [0.05, 0.1) is 11.4 Å². The van der Waals surface area contributed by atoms with Gasteiger partial charge in [-0.25, -0.2) is 9.37 Å². The van der Waals surface area contributed by atoms with Crippen LogP contribution in [-0.4, -0.2) is 23.3 Å². The first-order chi connectivity index (χ1) is 14.5. The average molecular weight is 424 g/mol. The molecule has 0 aliphatic rings.